The van der Waals surface area contributed by atoms with E-state index in [1.807, 2.05) is 20.8 Å². The summed E-state index contributed by atoms with van der Waals surface area (Å²) in [4.78, 5) is 11.9. The van der Waals surface area contributed by atoms with Crippen molar-refractivity contribution >= 4 is 5.91 Å². The van der Waals surface area contributed by atoms with Crippen LogP contribution in [0.25, 0.3) is 0 Å². The summed E-state index contributed by atoms with van der Waals surface area (Å²) in [6.45, 7) is 7.57. The number of carbonyl (C=O) groups is 1. The number of rotatable bonds is 4. The molecule has 6 nitrogen and oxygen atoms in total. The molecular weight excluding hydrogens is 260 g/mol. The van der Waals surface area contributed by atoms with E-state index in [2.05, 4.69) is 10.6 Å². The third-order valence-corrected chi connectivity index (χ3v) is 2.70. The zero-order chi connectivity index (χ0) is 15.5. The summed E-state index contributed by atoms with van der Waals surface area (Å²) in [6, 6.07) is 2.31. The van der Waals surface area contributed by atoms with Crippen LogP contribution in [0.15, 0.2) is 12.1 Å². The number of phenols is 3. The molecule has 5 N–H and O–H groups in total. The highest BCUT2D eigenvalue weighted by atomic mass is 16.3. The number of carbonyl (C=O) groups excluding carboxylic acids is 1. The topological polar surface area (TPSA) is 102 Å². The summed E-state index contributed by atoms with van der Waals surface area (Å²) < 4.78 is 0. The average molecular weight is 282 g/mol. The summed E-state index contributed by atoms with van der Waals surface area (Å²) in [5.41, 5.74) is 0.0853. The molecule has 1 atom stereocenters. The summed E-state index contributed by atoms with van der Waals surface area (Å²) in [5.74, 6) is -1.48. The van der Waals surface area contributed by atoms with E-state index in [1.54, 1.807) is 6.92 Å². The molecule has 0 spiro atoms. The fourth-order valence-electron chi connectivity index (χ4n) is 1.59. The first kappa shape index (κ1) is 16.1. The van der Waals surface area contributed by atoms with Crippen LogP contribution in [0.1, 0.15) is 33.3 Å². The van der Waals surface area contributed by atoms with Gasteiger partial charge in [-0.3, -0.25) is 4.79 Å². The molecule has 112 valence electrons. The van der Waals surface area contributed by atoms with Gasteiger partial charge in [0.1, 0.15) is 0 Å². The smallest absolute Gasteiger partial charge is 0.237 e. The van der Waals surface area contributed by atoms with Gasteiger partial charge in [0.05, 0.1) is 6.04 Å². The number of aromatic hydroxyl groups is 3. The molecular formula is C14H22N2O4. The molecule has 0 radical (unpaired) electrons. The van der Waals surface area contributed by atoms with E-state index in [-0.39, 0.29) is 29.5 Å². The Morgan fingerprint density at radius 2 is 1.80 bits per heavy atom. The van der Waals surface area contributed by atoms with E-state index in [0.29, 0.717) is 5.56 Å². The molecule has 1 amide bonds. The third kappa shape index (κ3) is 4.31. The summed E-state index contributed by atoms with van der Waals surface area (Å²) in [6.07, 6.45) is 0. The Bertz CT molecular complexity index is 495. The van der Waals surface area contributed by atoms with E-state index >= 15 is 0 Å². The van der Waals surface area contributed by atoms with Crippen LogP contribution in [0, 0.1) is 0 Å². The average Bonchev–Trinajstić information content (AvgIpc) is 2.32. The van der Waals surface area contributed by atoms with Gasteiger partial charge < -0.3 is 26.0 Å². The molecule has 1 aromatic carbocycles. The van der Waals surface area contributed by atoms with Gasteiger partial charge in [-0.2, -0.15) is 0 Å². The maximum atomic E-state index is 11.9. The SMILES string of the molecule is CC(NCc1ccc(O)c(O)c1O)C(=O)NC(C)(C)C. The second kappa shape index (κ2) is 6.00. The number of phenolic OH excluding ortho intramolecular Hbond substituents is 3. The van der Waals surface area contributed by atoms with Crippen LogP contribution >= 0.6 is 0 Å². The van der Waals surface area contributed by atoms with Crippen LogP contribution < -0.4 is 10.6 Å². The molecule has 1 unspecified atom stereocenters. The van der Waals surface area contributed by atoms with E-state index in [0.717, 1.165) is 0 Å². The monoisotopic (exact) mass is 282 g/mol. The highest BCUT2D eigenvalue weighted by Gasteiger charge is 2.19. The van der Waals surface area contributed by atoms with E-state index in [4.69, 9.17) is 0 Å². The van der Waals surface area contributed by atoms with Crippen LogP contribution in [-0.2, 0) is 11.3 Å². The molecule has 0 heterocycles. The van der Waals surface area contributed by atoms with Crippen LogP contribution in [0.3, 0.4) is 0 Å². The molecule has 0 saturated carbocycles. The Hall–Kier alpha value is -1.95. The first-order valence-electron chi connectivity index (χ1n) is 6.40. The lowest BCUT2D eigenvalue weighted by Gasteiger charge is -2.23. The van der Waals surface area contributed by atoms with E-state index in [1.165, 1.54) is 12.1 Å². The van der Waals surface area contributed by atoms with Gasteiger partial charge in [-0.1, -0.05) is 6.07 Å². The normalized spacial score (nSPS) is 13.0. The van der Waals surface area contributed by atoms with Gasteiger partial charge in [0.15, 0.2) is 11.5 Å². The highest BCUT2D eigenvalue weighted by Crippen LogP contribution is 2.36. The van der Waals surface area contributed by atoms with Crippen molar-refractivity contribution in [3.8, 4) is 17.2 Å². The lowest BCUT2D eigenvalue weighted by molar-refractivity contribution is -0.124. The minimum absolute atomic E-state index is 0.153. The fourth-order valence-corrected chi connectivity index (χ4v) is 1.59. The molecule has 20 heavy (non-hydrogen) atoms. The van der Waals surface area contributed by atoms with Crippen LogP contribution in [0.4, 0.5) is 0 Å². The quantitative estimate of drug-likeness (QED) is 0.534. The Morgan fingerprint density at radius 1 is 1.20 bits per heavy atom. The third-order valence-electron chi connectivity index (χ3n) is 2.70. The maximum Gasteiger partial charge on any atom is 0.237 e. The molecule has 6 heteroatoms. The van der Waals surface area contributed by atoms with Gasteiger partial charge in [-0.05, 0) is 33.8 Å². The molecule has 0 saturated heterocycles. The molecule has 0 aliphatic carbocycles. The molecule has 0 bridgehead atoms. The zero-order valence-corrected chi connectivity index (χ0v) is 12.2. The van der Waals surface area contributed by atoms with Crippen molar-refractivity contribution in [1.29, 1.82) is 0 Å². The van der Waals surface area contributed by atoms with Crippen molar-refractivity contribution in [2.75, 3.05) is 0 Å². The van der Waals surface area contributed by atoms with Crippen molar-refractivity contribution in [3.05, 3.63) is 17.7 Å². The van der Waals surface area contributed by atoms with E-state index in [9.17, 15) is 20.1 Å². The standard InChI is InChI=1S/C14H22N2O4/c1-8(13(20)16-14(2,3)4)15-7-9-5-6-10(17)12(19)11(9)18/h5-6,8,15,17-19H,7H2,1-4H3,(H,16,20). The van der Waals surface area contributed by atoms with Crippen molar-refractivity contribution < 1.29 is 20.1 Å². The molecule has 1 rings (SSSR count). The first-order chi connectivity index (χ1) is 9.11. The summed E-state index contributed by atoms with van der Waals surface area (Å²) >= 11 is 0. The highest BCUT2D eigenvalue weighted by molar-refractivity contribution is 5.81. The molecule has 0 fully saturated rings. The molecule has 0 aromatic heterocycles. The molecule has 1 aromatic rings. The lowest BCUT2D eigenvalue weighted by Crippen LogP contribution is -2.49. The van der Waals surface area contributed by atoms with Gasteiger partial charge in [0, 0.05) is 17.6 Å². The Balaban J connectivity index is 2.64. The Morgan fingerprint density at radius 3 is 2.35 bits per heavy atom. The van der Waals surface area contributed by atoms with Crippen molar-refractivity contribution in [2.45, 2.75) is 45.8 Å². The second-order valence-electron chi connectivity index (χ2n) is 5.78. The number of amides is 1. The van der Waals surface area contributed by atoms with Gasteiger partial charge in [-0.25, -0.2) is 0 Å². The van der Waals surface area contributed by atoms with Crippen molar-refractivity contribution in [1.82, 2.24) is 10.6 Å². The van der Waals surface area contributed by atoms with Crippen molar-refractivity contribution in [3.63, 3.8) is 0 Å². The van der Waals surface area contributed by atoms with Crippen LogP contribution in [0.2, 0.25) is 0 Å². The minimum Gasteiger partial charge on any atom is -0.504 e. The molecule has 0 aliphatic rings. The Labute approximate surface area is 118 Å². The predicted octanol–water partition coefficient (Wildman–Crippen LogP) is 1.20. The van der Waals surface area contributed by atoms with Gasteiger partial charge >= 0.3 is 0 Å². The van der Waals surface area contributed by atoms with Crippen LogP contribution in [-0.4, -0.2) is 32.8 Å². The van der Waals surface area contributed by atoms with Gasteiger partial charge in [0.2, 0.25) is 11.7 Å². The maximum absolute atomic E-state index is 11.9. The zero-order valence-electron chi connectivity index (χ0n) is 12.2. The largest absolute Gasteiger partial charge is 0.504 e. The van der Waals surface area contributed by atoms with Gasteiger partial charge in [-0.15, -0.1) is 0 Å². The number of hydrogen-bond acceptors (Lipinski definition) is 5. The predicted molar refractivity (Wildman–Crippen MR) is 75.6 cm³/mol. The van der Waals surface area contributed by atoms with Crippen LogP contribution in [0.5, 0.6) is 17.2 Å². The first-order valence-corrected chi connectivity index (χ1v) is 6.40. The fraction of sp³-hybridized carbons (Fsp3) is 0.500. The minimum atomic E-state index is -0.559. The Kier molecular flexibility index (Phi) is 4.83. The number of benzene rings is 1. The summed E-state index contributed by atoms with van der Waals surface area (Å²) in [7, 11) is 0. The second-order valence-corrected chi connectivity index (χ2v) is 5.78. The summed E-state index contributed by atoms with van der Waals surface area (Å²) in [5, 5.41) is 34.1. The van der Waals surface area contributed by atoms with Crippen molar-refractivity contribution in [2.24, 2.45) is 0 Å². The number of nitrogens with one attached hydrogen (secondary N) is 2. The van der Waals surface area contributed by atoms with Gasteiger partial charge in [0.25, 0.3) is 0 Å². The van der Waals surface area contributed by atoms with E-state index < -0.39 is 11.8 Å². The molecule has 0 aliphatic heterocycles. The lowest BCUT2D eigenvalue weighted by atomic mass is 10.1. The number of hydrogen-bond donors (Lipinski definition) is 5.